The molecule has 3 N–H and O–H groups in total. The topological polar surface area (TPSA) is 61.4 Å². The normalized spacial score (nSPS) is 12.2. The largest absolute Gasteiger partial charge is 0.394 e. The SMILES string of the molecule is CCC(CO)NC(=S)NC(=O)/C=C/c1ccc(C)cc1. The van der Waals surface area contributed by atoms with Gasteiger partial charge in [-0.1, -0.05) is 36.8 Å². The summed E-state index contributed by atoms with van der Waals surface area (Å²) < 4.78 is 0. The van der Waals surface area contributed by atoms with Gasteiger partial charge in [0.05, 0.1) is 12.6 Å². The molecule has 0 heterocycles. The highest BCUT2D eigenvalue weighted by atomic mass is 32.1. The molecule has 1 rings (SSSR count). The first-order valence-electron chi connectivity index (χ1n) is 6.52. The molecule has 1 atom stereocenters. The van der Waals surface area contributed by atoms with Crippen LogP contribution in [0.4, 0.5) is 0 Å². The van der Waals surface area contributed by atoms with Crippen molar-refractivity contribution in [2.24, 2.45) is 0 Å². The van der Waals surface area contributed by atoms with Crippen LogP contribution < -0.4 is 10.6 Å². The number of amides is 1. The van der Waals surface area contributed by atoms with Gasteiger partial charge in [0.25, 0.3) is 0 Å². The van der Waals surface area contributed by atoms with Gasteiger partial charge in [-0.25, -0.2) is 0 Å². The Labute approximate surface area is 124 Å². The van der Waals surface area contributed by atoms with Gasteiger partial charge >= 0.3 is 0 Å². The fraction of sp³-hybridized carbons (Fsp3) is 0.333. The van der Waals surface area contributed by atoms with Crippen LogP contribution in [-0.4, -0.2) is 28.8 Å². The van der Waals surface area contributed by atoms with E-state index in [2.05, 4.69) is 10.6 Å². The van der Waals surface area contributed by atoms with Gasteiger partial charge in [0.2, 0.25) is 5.91 Å². The van der Waals surface area contributed by atoms with Gasteiger partial charge < -0.3 is 10.4 Å². The van der Waals surface area contributed by atoms with Crippen molar-refractivity contribution in [1.29, 1.82) is 0 Å². The number of benzene rings is 1. The molecule has 1 aromatic carbocycles. The molecular formula is C15H20N2O2S. The second-order valence-corrected chi connectivity index (χ2v) is 4.90. The number of aliphatic hydroxyl groups is 1. The summed E-state index contributed by atoms with van der Waals surface area (Å²) in [4.78, 5) is 11.7. The van der Waals surface area contributed by atoms with Crippen molar-refractivity contribution in [1.82, 2.24) is 10.6 Å². The van der Waals surface area contributed by atoms with Gasteiger partial charge in [-0.05, 0) is 37.2 Å². The lowest BCUT2D eigenvalue weighted by atomic mass is 10.1. The predicted octanol–water partition coefficient (Wildman–Crippen LogP) is 1.77. The number of thiocarbonyl (C=S) groups is 1. The molecule has 108 valence electrons. The quantitative estimate of drug-likeness (QED) is 0.572. The van der Waals surface area contributed by atoms with Gasteiger partial charge in [-0.3, -0.25) is 10.1 Å². The van der Waals surface area contributed by atoms with E-state index in [9.17, 15) is 4.79 Å². The third-order valence-electron chi connectivity index (χ3n) is 2.79. The minimum absolute atomic E-state index is 0.0221. The standard InChI is InChI=1S/C15H20N2O2S/c1-3-13(10-18)16-15(20)17-14(19)9-8-12-6-4-11(2)5-7-12/h4-9,13,18H,3,10H2,1-2H3,(H2,16,17,19,20)/b9-8+. The van der Waals surface area contributed by atoms with Crippen molar-refractivity contribution >= 4 is 29.3 Å². The summed E-state index contributed by atoms with van der Waals surface area (Å²) in [6.45, 7) is 3.91. The summed E-state index contributed by atoms with van der Waals surface area (Å²) in [5.74, 6) is -0.295. The monoisotopic (exact) mass is 292 g/mol. The molecule has 0 aromatic heterocycles. The van der Waals surface area contributed by atoms with E-state index < -0.39 is 0 Å². The van der Waals surface area contributed by atoms with Gasteiger partial charge in [0.1, 0.15) is 0 Å². The Kier molecular flexibility index (Phi) is 6.90. The minimum Gasteiger partial charge on any atom is -0.394 e. The molecule has 5 heteroatoms. The summed E-state index contributed by atoms with van der Waals surface area (Å²) in [5, 5.41) is 14.7. The van der Waals surface area contributed by atoms with Gasteiger partial charge in [0.15, 0.2) is 5.11 Å². The van der Waals surface area contributed by atoms with E-state index in [1.54, 1.807) is 6.08 Å². The number of nitrogens with one attached hydrogen (secondary N) is 2. The van der Waals surface area contributed by atoms with Crippen LogP contribution in [0.3, 0.4) is 0 Å². The van der Waals surface area contributed by atoms with E-state index in [0.29, 0.717) is 0 Å². The van der Waals surface area contributed by atoms with Crippen LogP contribution in [-0.2, 0) is 4.79 Å². The molecule has 0 saturated heterocycles. The van der Waals surface area contributed by atoms with E-state index >= 15 is 0 Å². The highest BCUT2D eigenvalue weighted by Crippen LogP contribution is 2.04. The summed E-state index contributed by atoms with van der Waals surface area (Å²) in [7, 11) is 0. The predicted molar refractivity (Wildman–Crippen MR) is 85.3 cm³/mol. The number of aryl methyl sites for hydroxylation is 1. The van der Waals surface area contributed by atoms with E-state index in [-0.39, 0.29) is 23.7 Å². The van der Waals surface area contributed by atoms with Crippen molar-refractivity contribution < 1.29 is 9.90 Å². The van der Waals surface area contributed by atoms with E-state index in [0.717, 1.165) is 12.0 Å². The molecule has 0 aliphatic rings. The van der Waals surface area contributed by atoms with Crippen LogP contribution in [0.2, 0.25) is 0 Å². The molecule has 1 amide bonds. The number of hydrogen-bond acceptors (Lipinski definition) is 3. The molecule has 20 heavy (non-hydrogen) atoms. The number of carbonyl (C=O) groups is 1. The molecule has 0 spiro atoms. The van der Waals surface area contributed by atoms with Crippen LogP contribution >= 0.6 is 12.2 Å². The molecule has 0 bridgehead atoms. The summed E-state index contributed by atoms with van der Waals surface area (Å²) in [6, 6.07) is 7.71. The van der Waals surface area contributed by atoms with Crippen LogP contribution in [0.5, 0.6) is 0 Å². The van der Waals surface area contributed by atoms with Crippen LogP contribution in [0.15, 0.2) is 30.3 Å². The molecule has 0 aliphatic heterocycles. The van der Waals surface area contributed by atoms with Crippen molar-refractivity contribution in [3.8, 4) is 0 Å². The zero-order valence-corrected chi connectivity index (χ0v) is 12.5. The molecule has 0 fully saturated rings. The van der Waals surface area contributed by atoms with Gasteiger partial charge in [0, 0.05) is 6.08 Å². The fourth-order valence-corrected chi connectivity index (χ4v) is 1.77. The van der Waals surface area contributed by atoms with Gasteiger partial charge in [-0.15, -0.1) is 0 Å². The Morgan fingerprint density at radius 3 is 2.60 bits per heavy atom. The Bertz CT molecular complexity index is 479. The lowest BCUT2D eigenvalue weighted by Gasteiger charge is -2.15. The number of aliphatic hydroxyl groups excluding tert-OH is 1. The van der Waals surface area contributed by atoms with Crippen molar-refractivity contribution in [2.45, 2.75) is 26.3 Å². The van der Waals surface area contributed by atoms with E-state index in [1.807, 2.05) is 38.1 Å². The third-order valence-corrected chi connectivity index (χ3v) is 3.01. The van der Waals surface area contributed by atoms with Crippen LogP contribution in [0, 0.1) is 6.92 Å². The Hall–Kier alpha value is -1.72. The van der Waals surface area contributed by atoms with Crippen molar-refractivity contribution in [3.63, 3.8) is 0 Å². The third kappa shape index (κ3) is 5.95. The Morgan fingerprint density at radius 1 is 1.40 bits per heavy atom. The maximum Gasteiger partial charge on any atom is 0.250 e. The van der Waals surface area contributed by atoms with Crippen molar-refractivity contribution in [2.75, 3.05) is 6.61 Å². The van der Waals surface area contributed by atoms with Crippen molar-refractivity contribution in [3.05, 3.63) is 41.5 Å². The lowest BCUT2D eigenvalue weighted by Crippen LogP contribution is -2.45. The maximum atomic E-state index is 11.7. The van der Waals surface area contributed by atoms with E-state index in [4.69, 9.17) is 17.3 Å². The Morgan fingerprint density at radius 2 is 2.05 bits per heavy atom. The molecule has 0 saturated carbocycles. The first-order valence-corrected chi connectivity index (χ1v) is 6.93. The zero-order valence-electron chi connectivity index (χ0n) is 11.7. The average Bonchev–Trinajstić information content (AvgIpc) is 2.44. The number of carbonyl (C=O) groups excluding carboxylic acids is 1. The van der Waals surface area contributed by atoms with Crippen LogP contribution in [0.25, 0.3) is 6.08 Å². The summed E-state index contributed by atoms with van der Waals surface area (Å²) in [6.07, 6.45) is 3.88. The summed E-state index contributed by atoms with van der Waals surface area (Å²) in [5.41, 5.74) is 2.12. The molecule has 0 radical (unpaired) electrons. The van der Waals surface area contributed by atoms with Gasteiger partial charge in [-0.2, -0.15) is 0 Å². The molecule has 1 aromatic rings. The first kappa shape index (κ1) is 16.3. The first-order chi connectivity index (χ1) is 9.55. The highest BCUT2D eigenvalue weighted by molar-refractivity contribution is 7.80. The molecule has 4 nitrogen and oxygen atoms in total. The second-order valence-electron chi connectivity index (χ2n) is 4.49. The smallest absolute Gasteiger partial charge is 0.250 e. The maximum absolute atomic E-state index is 11.7. The van der Waals surface area contributed by atoms with E-state index in [1.165, 1.54) is 11.6 Å². The zero-order chi connectivity index (χ0) is 15.0. The second kappa shape index (κ2) is 8.45. The number of rotatable bonds is 5. The lowest BCUT2D eigenvalue weighted by molar-refractivity contribution is -0.115. The fourth-order valence-electron chi connectivity index (χ4n) is 1.50. The molecule has 1 unspecified atom stereocenters. The van der Waals surface area contributed by atoms with Crippen LogP contribution in [0.1, 0.15) is 24.5 Å². The molecular weight excluding hydrogens is 272 g/mol. The minimum atomic E-state index is -0.295. The molecule has 0 aliphatic carbocycles. The summed E-state index contributed by atoms with van der Waals surface area (Å²) >= 11 is 5.00. The number of hydrogen-bond donors (Lipinski definition) is 3. The highest BCUT2D eigenvalue weighted by Gasteiger charge is 2.07. The Balaban J connectivity index is 2.46. The average molecular weight is 292 g/mol.